The van der Waals surface area contributed by atoms with Crippen LogP contribution < -0.4 is 10.5 Å². The number of esters is 1. The van der Waals surface area contributed by atoms with Crippen LogP contribution in [0.15, 0.2) is 24.3 Å². The molecule has 0 aromatic heterocycles. The van der Waals surface area contributed by atoms with Crippen molar-refractivity contribution in [3.63, 3.8) is 0 Å². The molecule has 2 rings (SSSR count). The summed E-state index contributed by atoms with van der Waals surface area (Å²) in [5.74, 6) is 0.422. The first-order valence-electron chi connectivity index (χ1n) is 5.29. The van der Waals surface area contributed by atoms with Crippen molar-refractivity contribution in [2.45, 2.75) is 18.4 Å². The lowest BCUT2D eigenvalue weighted by molar-refractivity contribution is -0.142. The molecule has 0 aliphatic carbocycles. The molecule has 1 aliphatic heterocycles. The summed E-state index contributed by atoms with van der Waals surface area (Å²) in [6.07, 6.45) is 0.529. The van der Waals surface area contributed by atoms with Gasteiger partial charge in [0.1, 0.15) is 11.9 Å². The summed E-state index contributed by atoms with van der Waals surface area (Å²) >= 11 is 0. The van der Waals surface area contributed by atoms with E-state index in [4.69, 9.17) is 15.2 Å². The van der Waals surface area contributed by atoms with Gasteiger partial charge in [0.2, 0.25) is 0 Å². The van der Waals surface area contributed by atoms with Crippen molar-refractivity contribution in [1.82, 2.24) is 0 Å². The summed E-state index contributed by atoms with van der Waals surface area (Å²) in [6, 6.07) is 7.48. The second kappa shape index (κ2) is 4.53. The molecule has 1 heterocycles. The molecular weight excluding hydrogens is 206 g/mol. The van der Waals surface area contributed by atoms with E-state index in [0.29, 0.717) is 13.0 Å². The van der Waals surface area contributed by atoms with Crippen LogP contribution in [0.2, 0.25) is 0 Å². The van der Waals surface area contributed by atoms with E-state index in [1.54, 1.807) is 7.11 Å². The predicted molar refractivity (Wildman–Crippen MR) is 59.3 cm³/mol. The standard InChI is InChI=1S/C12H15NO3/c1-15-9-4-2-8(3-5-9)11-6-10(7-13)16-12(11)14/h2-5,10-11H,6-7,13H2,1H3/t10-,11+/m0/s1. The number of nitrogens with two attached hydrogens (primary N) is 1. The van der Waals surface area contributed by atoms with Crippen LogP contribution in [0.3, 0.4) is 0 Å². The third-order valence-corrected chi connectivity index (χ3v) is 2.85. The summed E-state index contributed by atoms with van der Waals surface area (Å²) in [5.41, 5.74) is 6.44. The van der Waals surface area contributed by atoms with E-state index >= 15 is 0 Å². The van der Waals surface area contributed by atoms with Gasteiger partial charge in [-0.05, 0) is 17.7 Å². The molecule has 2 atom stereocenters. The molecule has 1 aromatic carbocycles. The summed E-state index contributed by atoms with van der Waals surface area (Å²) in [6.45, 7) is 0.387. The highest BCUT2D eigenvalue weighted by Gasteiger charge is 2.34. The average molecular weight is 221 g/mol. The fourth-order valence-electron chi connectivity index (χ4n) is 1.91. The predicted octanol–water partition coefficient (Wildman–Crippen LogP) is 1.05. The lowest BCUT2D eigenvalue weighted by atomic mass is 9.96. The number of benzene rings is 1. The number of hydrogen-bond acceptors (Lipinski definition) is 4. The maximum Gasteiger partial charge on any atom is 0.313 e. The van der Waals surface area contributed by atoms with Crippen molar-refractivity contribution in [3.05, 3.63) is 29.8 Å². The second-order valence-corrected chi connectivity index (χ2v) is 3.86. The fraction of sp³-hybridized carbons (Fsp3) is 0.417. The Labute approximate surface area is 94.3 Å². The van der Waals surface area contributed by atoms with E-state index in [-0.39, 0.29) is 18.0 Å². The maximum absolute atomic E-state index is 11.6. The quantitative estimate of drug-likeness (QED) is 0.775. The first-order valence-corrected chi connectivity index (χ1v) is 5.29. The number of cyclic esters (lactones) is 1. The van der Waals surface area contributed by atoms with Gasteiger partial charge in [0.05, 0.1) is 13.0 Å². The van der Waals surface area contributed by atoms with Gasteiger partial charge >= 0.3 is 5.97 Å². The third-order valence-electron chi connectivity index (χ3n) is 2.85. The molecule has 86 valence electrons. The van der Waals surface area contributed by atoms with Gasteiger partial charge < -0.3 is 15.2 Å². The van der Waals surface area contributed by atoms with Gasteiger partial charge in [-0.15, -0.1) is 0 Å². The zero-order chi connectivity index (χ0) is 11.5. The Morgan fingerprint density at radius 3 is 2.62 bits per heavy atom. The van der Waals surface area contributed by atoms with Crippen molar-refractivity contribution in [1.29, 1.82) is 0 Å². The molecule has 0 saturated carbocycles. The minimum Gasteiger partial charge on any atom is -0.497 e. The maximum atomic E-state index is 11.6. The van der Waals surface area contributed by atoms with Crippen LogP contribution in [0.4, 0.5) is 0 Å². The van der Waals surface area contributed by atoms with E-state index in [1.165, 1.54) is 0 Å². The van der Waals surface area contributed by atoms with Gasteiger partial charge in [0.15, 0.2) is 0 Å². The van der Waals surface area contributed by atoms with E-state index in [9.17, 15) is 4.79 Å². The molecule has 4 nitrogen and oxygen atoms in total. The highest BCUT2D eigenvalue weighted by atomic mass is 16.6. The largest absolute Gasteiger partial charge is 0.497 e. The number of ether oxygens (including phenoxy) is 2. The number of methoxy groups -OCH3 is 1. The van der Waals surface area contributed by atoms with Crippen LogP contribution >= 0.6 is 0 Å². The van der Waals surface area contributed by atoms with Crippen molar-refractivity contribution >= 4 is 5.97 Å². The Morgan fingerprint density at radius 2 is 2.12 bits per heavy atom. The highest BCUT2D eigenvalue weighted by molar-refractivity contribution is 5.80. The minimum atomic E-state index is -0.181. The molecule has 0 amide bonds. The highest BCUT2D eigenvalue weighted by Crippen LogP contribution is 2.31. The summed E-state index contributed by atoms with van der Waals surface area (Å²) in [4.78, 5) is 11.6. The third kappa shape index (κ3) is 2.02. The molecule has 2 N–H and O–H groups in total. The molecule has 0 radical (unpaired) electrons. The van der Waals surface area contributed by atoms with Crippen molar-refractivity contribution in [2.24, 2.45) is 5.73 Å². The number of hydrogen-bond donors (Lipinski definition) is 1. The van der Waals surface area contributed by atoms with Crippen LogP contribution in [-0.2, 0) is 9.53 Å². The molecule has 1 saturated heterocycles. The minimum absolute atomic E-state index is 0.139. The fourth-order valence-corrected chi connectivity index (χ4v) is 1.91. The Kier molecular flexibility index (Phi) is 3.10. The van der Waals surface area contributed by atoms with Crippen LogP contribution in [0.5, 0.6) is 5.75 Å². The lowest BCUT2D eigenvalue weighted by Gasteiger charge is -2.06. The molecule has 0 spiro atoms. The van der Waals surface area contributed by atoms with Gasteiger partial charge in [-0.2, -0.15) is 0 Å². The van der Waals surface area contributed by atoms with Crippen LogP contribution in [-0.4, -0.2) is 25.7 Å². The Bertz CT molecular complexity index is 374. The van der Waals surface area contributed by atoms with Gasteiger partial charge in [0.25, 0.3) is 0 Å². The van der Waals surface area contributed by atoms with Crippen molar-refractivity contribution < 1.29 is 14.3 Å². The Balaban J connectivity index is 2.15. The molecule has 4 heteroatoms. The van der Waals surface area contributed by atoms with Gasteiger partial charge in [0, 0.05) is 13.0 Å². The summed E-state index contributed by atoms with van der Waals surface area (Å²) in [5, 5.41) is 0. The molecule has 1 aromatic rings. The number of rotatable bonds is 3. The molecular formula is C12H15NO3. The molecule has 1 aliphatic rings. The second-order valence-electron chi connectivity index (χ2n) is 3.86. The lowest BCUT2D eigenvalue weighted by Crippen LogP contribution is -2.18. The van der Waals surface area contributed by atoms with E-state index in [2.05, 4.69) is 0 Å². The SMILES string of the molecule is COc1ccc([C@H]2C[C@@H](CN)OC2=O)cc1. The van der Waals surface area contributed by atoms with Crippen LogP contribution in [0, 0.1) is 0 Å². The van der Waals surface area contributed by atoms with Gasteiger partial charge in [-0.25, -0.2) is 0 Å². The average Bonchev–Trinajstić information content (AvgIpc) is 2.71. The van der Waals surface area contributed by atoms with Gasteiger partial charge in [-0.1, -0.05) is 12.1 Å². The van der Waals surface area contributed by atoms with E-state index in [1.807, 2.05) is 24.3 Å². The smallest absolute Gasteiger partial charge is 0.313 e. The van der Waals surface area contributed by atoms with Crippen molar-refractivity contribution in [3.8, 4) is 5.75 Å². The monoisotopic (exact) mass is 221 g/mol. The first-order chi connectivity index (χ1) is 7.74. The zero-order valence-electron chi connectivity index (χ0n) is 9.18. The van der Waals surface area contributed by atoms with E-state index in [0.717, 1.165) is 11.3 Å². The Hall–Kier alpha value is -1.55. The van der Waals surface area contributed by atoms with Crippen LogP contribution in [0.25, 0.3) is 0 Å². The number of carbonyl (C=O) groups is 1. The molecule has 1 fully saturated rings. The first kappa shape index (κ1) is 11.0. The van der Waals surface area contributed by atoms with Crippen LogP contribution in [0.1, 0.15) is 17.9 Å². The topological polar surface area (TPSA) is 61.6 Å². The Morgan fingerprint density at radius 1 is 1.44 bits per heavy atom. The summed E-state index contributed by atoms with van der Waals surface area (Å²) < 4.78 is 10.2. The number of carbonyl (C=O) groups excluding carboxylic acids is 1. The normalized spacial score (nSPS) is 24.2. The van der Waals surface area contributed by atoms with E-state index < -0.39 is 0 Å². The summed E-state index contributed by atoms with van der Waals surface area (Å²) in [7, 11) is 1.61. The molecule has 0 bridgehead atoms. The molecule has 0 unspecified atom stereocenters. The van der Waals surface area contributed by atoms with Crippen molar-refractivity contribution in [2.75, 3.05) is 13.7 Å². The zero-order valence-corrected chi connectivity index (χ0v) is 9.18. The van der Waals surface area contributed by atoms with Gasteiger partial charge in [-0.3, -0.25) is 4.79 Å². The molecule has 16 heavy (non-hydrogen) atoms.